The number of hydroxylamine groups is 1. The number of alkyl halides is 2. The SMILES string of the molecule is CN1CC(NOC(F)(F)C(=O)O)CCC1C#N. The van der Waals surface area contributed by atoms with Gasteiger partial charge in [0.25, 0.3) is 0 Å². The third-order valence-corrected chi connectivity index (χ3v) is 2.58. The Morgan fingerprint density at radius 3 is 2.76 bits per heavy atom. The van der Waals surface area contributed by atoms with Gasteiger partial charge in [-0.1, -0.05) is 0 Å². The Morgan fingerprint density at radius 2 is 2.29 bits per heavy atom. The van der Waals surface area contributed by atoms with Crippen LogP contribution in [-0.4, -0.2) is 47.8 Å². The molecule has 96 valence electrons. The average molecular weight is 249 g/mol. The molecule has 6 nitrogen and oxygen atoms in total. The second-order valence-corrected chi connectivity index (χ2v) is 3.90. The highest BCUT2D eigenvalue weighted by Gasteiger charge is 2.42. The monoisotopic (exact) mass is 249 g/mol. The van der Waals surface area contributed by atoms with E-state index >= 15 is 0 Å². The molecule has 8 heteroatoms. The molecule has 1 aliphatic heterocycles. The summed E-state index contributed by atoms with van der Waals surface area (Å²) in [5.74, 6) is -2.34. The van der Waals surface area contributed by atoms with E-state index in [9.17, 15) is 13.6 Å². The highest BCUT2D eigenvalue weighted by atomic mass is 19.3. The van der Waals surface area contributed by atoms with Crippen LogP contribution in [0.2, 0.25) is 0 Å². The number of hydrogen-bond donors (Lipinski definition) is 2. The lowest BCUT2D eigenvalue weighted by atomic mass is 10.0. The zero-order chi connectivity index (χ0) is 13.1. The van der Waals surface area contributed by atoms with Crippen molar-refractivity contribution in [3.63, 3.8) is 0 Å². The number of nitriles is 1. The van der Waals surface area contributed by atoms with Gasteiger partial charge < -0.3 is 5.11 Å². The largest absolute Gasteiger partial charge is 0.475 e. The molecule has 2 N–H and O–H groups in total. The molecule has 0 aliphatic carbocycles. The van der Waals surface area contributed by atoms with E-state index in [0.29, 0.717) is 19.4 Å². The molecule has 1 rings (SSSR count). The number of carbonyl (C=O) groups is 1. The minimum Gasteiger partial charge on any atom is -0.475 e. The van der Waals surface area contributed by atoms with Crippen LogP contribution in [0.3, 0.4) is 0 Å². The van der Waals surface area contributed by atoms with E-state index < -0.39 is 18.1 Å². The smallest absolute Gasteiger partial charge is 0.471 e. The maximum atomic E-state index is 12.6. The third-order valence-electron chi connectivity index (χ3n) is 2.58. The average Bonchev–Trinajstić information content (AvgIpc) is 2.26. The number of rotatable bonds is 4. The van der Waals surface area contributed by atoms with Gasteiger partial charge in [-0.2, -0.15) is 19.5 Å². The van der Waals surface area contributed by atoms with Crippen molar-refractivity contribution in [2.24, 2.45) is 0 Å². The van der Waals surface area contributed by atoms with Gasteiger partial charge in [-0.3, -0.25) is 4.90 Å². The number of nitrogens with zero attached hydrogens (tertiary/aromatic N) is 2. The van der Waals surface area contributed by atoms with Gasteiger partial charge in [0, 0.05) is 12.6 Å². The highest BCUT2D eigenvalue weighted by molar-refractivity contribution is 5.73. The number of aliphatic carboxylic acids is 1. The van der Waals surface area contributed by atoms with Crippen LogP contribution in [0.15, 0.2) is 0 Å². The van der Waals surface area contributed by atoms with Crippen molar-refractivity contribution >= 4 is 5.97 Å². The van der Waals surface area contributed by atoms with Gasteiger partial charge in [0.1, 0.15) is 0 Å². The van der Waals surface area contributed by atoms with Crippen molar-refractivity contribution in [3.05, 3.63) is 0 Å². The van der Waals surface area contributed by atoms with Crippen LogP contribution in [0.5, 0.6) is 0 Å². The normalized spacial score (nSPS) is 26.5. The lowest BCUT2D eigenvalue weighted by Crippen LogP contribution is -2.50. The highest BCUT2D eigenvalue weighted by Crippen LogP contribution is 2.18. The first-order valence-electron chi connectivity index (χ1n) is 5.01. The molecule has 0 bridgehead atoms. The Bertz CT molecular complexity index is 332. The van der Waals surface area contributed by atoms with Crippen molar-refractivity contribution in [2.75, 3.05) is 13.6 Å². The standard InChI is InChI=1S/C9H13F2N3O3/c1-14-5-6(2-3-7(14)4-12)13-17-9(10,11)8(15)16/h6-7,13H,2-3,5H2,1H3,(H,15,16). The number of likely N-dealkylation sites (tertiary alicyclic amines) is 1. The molecule has 1 aliphatic rings. The number of piperidine rings is 1. The Balaban J connectivity index is 2.41. The van der Waals surface area contributed by atoms with Gasteiger partial charge >= 0.3 is 12.1 Å². The van der Waals surface area contributed by atoms with Crippen LogP contribution in [0.4, 0.5) is 8.78 Å². The number of carboxylic acids is 1. The number of hydrogen-bond acceptors (Lipinski definition) is 5. The van der Waals surface area contributed by atoms with E-state index in [-0.39, 0.29) is 6.04 Å². The molecule has 0 aromatic heterocycles. The number of carboxylic acid groups (broad SMARTS) is 1. The fraction of sp³-hybridized carbons (Fsp3) is 0.778. The summed E-state index contributed by atoms with van der Waals surface area (Å²) in [6, 6.07) is 1.42. The summed E-state index contributed by atoms with van der Waals surface area (Å²) >= 11 is 0. The quantitative estimate of drug-likeness (QED) is 0.691. The molecule has 0 spiro atoms. The van der Waals surface area contributed by atoms with Crippen molar-refractivity contribution in [3.8, 4) is 6.07 Å². The third kappa shape index (κ3) is 3.59. The van der Waals surface area contributed by atoms with E-state index in [1.165, 1.54) is 0 Å². The molecular formula is C9H13F2N3O3. The maximum absolute atomic E-state index is 12.6. The van der Waals surface area contributed by atoms with E-state index in [4.69, 9.17) is 10.4 Å². The summed E-state index contributed by atoms with van der Waals surface area (Å²) in [6.07, 6.45) is -3.25. The molecule has 1 heterocycles. The van der Waals surface area contributed by atoms with Crippen molar-refractivity contribution in [1.29, 1.82) is 5.26 Å². The van der Waals surface area contributed by atoms with Gasteiger partial charge in [-0.25, -0.2) is 9.63 Å². The molecule has 0 amide bonds. The molecule has 0 aromatic rings. The first kappa shape index (κ1) is 13.8. The molecule has 0 aromatic carbocycles. The maximum Gasteiger partial charge on any atom is 0.471 e. The van der Waals surface area contributed by atoms with Crippen LogP contribution in [0.25, 0.3) is 0 Å². The summed E-state index contributed by atoms with van der Waals surface area (Å²) in [6.45, 7) is 0.341. The Kier molecular flexibility index (Phi) is 4.34. The molecule has 1 fully saturated rings. The Labute approximate surface area is 96.7 Å². The second kappa shape index (κ2) is 5.35. The van der Waals surface area contributed by atoms with Gasteiger partial charge in [0.05, 0.1) is 12.1 Å². The van der Waals surface area contributed by atoms with Crippen LogP contribution >= 0.6 is 0 Å². The lowest BCUT2D eigenvalue weighted by molar-refractivity contribution is -0.275. The molecule has 0 radical (unpaired) electrons. The van der Waals surface area contributed by atoms with Crippen molar-refractivity contribution < 1.29 is 23.5 Å². The molecule has 17 heavy (non-hydrogen) atoms. The zero-order valence-corrected chi connectivity index (χ0v) is 9.19. The number of nitrogens with one attached hydrogen (secondary N) is 1. The van der Waals surface area contributed by atoms with Crippen LogP contribution in [0.1, 0.15) is 12.8 Å². The molecule has 1 saturated heterocycles. The van der Waals surface area contributed by atoms with Crippen LogP contribution < -0.4 is 5.48 Å². The van der Waals surface area contributed by atoms with E-state index in [1.807, 2.05) is 5.48 Å². The van der Waals surface area contributed by atoms with Gasteiger partial charge in [0.15, 0.2) is 0 Å². The molecule has 2 atom stereocenters. The number of likely N-dealkylation sites (N-methyl/N-ethyl adjacent to an activating group) is 1. The van der Waals surface area contributed by atoms with Gasteiger partial charge in [0.2, 0.25) is 0 Å². The summed E-state index contributed by atoms with van der Waals surface area (Å²) in [5, 5.41) is 16.9. The van der Waals surface area contributed by atoms with E-state index in [1.54, 1.807) is 11.9 Å². The number of halogens is 2. The van der Waals surface area contributed by atoms with Gasteiger partial charge in [-0.15, -0.1) is 0 Å². The first-order chi connectivity index (χ1) is 7.86. The first-order valence-corrected chi connectivity index (χ1v) is 5.01. The Morgan fingerprint density at radius 1 is 1.65 bits per heavy atom. The Hall–Kier alpha value is -1.30. The zero-order valence-electron chi connectivity index (χ0n) is 9.19. The summed E-state index contributed by atoms with van der Waals surface area (Å²) in [7, 11) is 1.69. The summed E-state index contributed by atoms with van der Waals surface area (Å²) < 4.78 is 25.2. The van der Waals surface area contributed by atoms with Gasteiger partial charge in [-0.05, 0) is 19.9 Å². The van der Waals surface area contributed by atoms with Crippen LogP contribution in [0, 0.1) is 11.3 Å². The minimum atomic E-state index is -4.25. The molecule has 0 saturated carbocycles. The van der Waals surface area contributed by atoms with Crippen molar-refractivity contribution in [2.45, 2.75) is 31.0 Å². The molecular weight excluding hydrogens is 236 g/mol. The fourth-order valence-corrected chi connectivity index (χ4v) is 1.61. The fourth-order valence-electron chi connectivity index (χ4n) is 1.61. The predicted octanol–water partition coefficient (Wildman–Crippen LogP) is 0.171. The van der Waals surface area contributed by atoms with Crippen molar-refractivity contribution in [1.82, 2.24) is 10.4 Å². The topological polar surface area (TPSA) is 85.6 Å². The summed E-state index contributed by atoms with van der Waals surface area (Å²) in [4.78, 5) is 15.6. The second-order valence-electron chi connectivity index (χ2n) is 3.90. The summed E-state index contributed by atoms with van der Waals surface area (Å²) in [5.41, 5.74) is 2.04. The lowest BCUT2D eigenvalue weighted by Gasteiger charge is -2.33. The minimum absolute atomic E-state index is 0.243. The molecule has 2 unspecified atom stereocenters. The van der Waals surface area contributed by atoms with E-state index in [2.05, 4.69) is 10.9 Å². The van der Waals surface area contributed by atoms with E-state index in [0.717, 1.165) is 0 Å². The predicted molar refractivity (Wildman–Crippen MR) is 51.9 cm³/mol. The van der Waals surface area contributed by atoms with Crippen LogP contribution in [-0.2, 0) is 9.63 Å².